The summed E-state index contributed by atoms with van der Waals surface area (Å²) in [6.07, 6.45) is 5.29. The lowest BCUT2D eigenvalue weighted by Gasteiger charge is -2.29. The number of nitrogens with zero attached hydrogens (tertiary/aromatic N) is 4. The molecule has 0 unspecified atom stereocenters. The maximum absolute atomic E-state index is 9.32. The van der Waals surface area contributed by atoms with Crippen LogP contribution in [0.15, 0.2) is 24.3 Å². The fourth-order valence-electron chi connectivity index (χ4n) is 3.63. The molecule has 0 amide bonds. The molecule has 1 aliphatic rings. The zero-order valence-electron chi connectivity index (χ0n) is 14.9. The fourth-order valence-corrected chi connectivity index (χ4v) is 3.84. The van der Waals surface area contributed by atoms with Gasteiger partial charge < -0.3 is 10.0 Å². The first-order valence-electron chi connectivity index (χ1n) is 9.10. The molecule has 3 rings (SSSR count). The van der Waals surface area contributed by atoms with E-state index in [-0.39, 0.29) is 6.61 Å². The molecule has 0 radical (unpaired) electrons. The molecule has 0 spiro atoms. The summed E-state index contributed by atoms with van der Waals surface area (Å²) >= 11 is 6.06. The smallest absolute Gasteiger partial charge is 0.155 e. The van der Waals surface area contributed by atoms with E-state index in [0.717, 1.165) is 41.0 Å². The molecule has 1 aromatic heterocycles. The molecule has 1 aliphatic heterocycles. The second-order valence-electron chi connectivity index (χ2n) is 7.01. The van der Waals surface area contributed by atoms with Gasteiger partial charge in [-0.05, 0) is 56.5 Å². The van der Waals surface area contributed by atoms with Gasteiger partial charge in [-0.2, -0.15) is 5.10 Å². The summed E-state index contributed by atoms with van der Waals surface area (Å²) < 4.78 is 1.87. The van der Waals surface area contributed by atoms with Gasteiger partial charge in [0.25, 0.3) is 0 Å². The van der Waals surface area contributed by atoms with Gasteiger partial charge in [0, 0.05) is 24.4 Å². The van der Waals surface area contributed by atoms with Gasteiger partial charge in [-0.3, -0.25) is 0 Å². The molecule has 136 valence electrons. The van der Waals surface area contributed by atoms with Crippen LogP contribution in [-0.2, 0) is 19.4 Å². The third kappa shape index (κ3) is 5.27. The van der Waals surface area contributed by atoms with Crippen molar-refractivity contribution in [3.63, 3.8) is 0 Å². The first-order valence-corrected chi connectivity index (χ1v) is 9.48. The number of halogens is 1. The Morgan fingerprint density at radius 3 is 3.00 bits per heavy atom. The highest BCUT2D eigenvalue weighted by Crippen LogP contribution is 2.20. The number of aryl methyl sites for hydroxylation is 1. The Bertz CT molecular complexity index is 688. The summed E-state index contributed by atoms with van der Waals surface area (Å²) in [4.78, 5) is 7.16. The van der Waals surface area contributed by atoms with E-state index in [4.69, 9.17) is 16.6 Å². The number of benzene rings is 1. The van der Waals surface area contributed by atoms with Crippen LogP contribution >= 0.6 is 11.6 Å². The number of likely N-dealkylation sites (tertiary alicyclic amines) is 1. The molecule has 2 aromatic rings. The minimum atomic E-state index is 0.0825. The standard InChI is InChI=1S/C19H27ClN4O/c1-23-9-3-5-15(14-23)7-8-19-21-18(22-24(19)10-11-25)13-16-4-2-6-17(20)12-16/h2,4,6,12,15,25H,3,5,7-11,13-14H2,1H3/t15-/m1/s1. The fraction of sp³-hybridized carbons (Fsp3) is 0.579. The lowest BCUT2D eigenvalue weighted by atomic mass is 9.93. The van der Waals surface area contributed by atoms with Gasteiger partial charge in [-0.25, -0.2) is 9.67 Å². The van der Waals surface area contributed by atoms with Crippen molar-refractivity contribution in [3.8, 4) is 0 Å². The van der Waals surface area contributed by atoms with Crippen molar-refractivity contribution in [2.75, 3.05) is 26.7 Å². The third-order valence-electron chi connectivity index (χ3n) is 4.85. The lowest BCUT2D eigenvalue weighted by Crippen LogP contribution is -2.32. The Kier molecular flexibility index (Phi) is 6.45. The molecule has 0 aliphatic carbocycles. The predicted molar refractivity (Wildman–Crippen MR) is 99.9 cm³/mol. The summed E-state index contributed by atoms with van der Waals surface area (Å²) in [7, 11) is 2.20. The summed E-state index contributed by atoms with van der Waals surface area (Å²) in [6.45, 7) is 2.96. The van der Waals surface area contributed by atoms with Crippen molar-refractivity contribution in [1.82, 2.24) is 19.7 Å². The molecule has 1 atom stereocenters. The van der Waals surface area contributed by atoms with Crippen LogP contribution in [0.25, 0.3) is 0 Å². The summed E-state index contributed by atoms with van der Waals surface area (Å²) in [6, 6.07) is 7.81. The minimum absolute atomic E-state index is 0.0825. The van der Waals surface area contributed by atoms with Gasteiger partial charge in [-0.15, -0.1) is 0 Å². The molecule has 1 N–H and O–H groups in total. The van der Waals surface area contributed by atoms with Gasteiger partial charge in [0.1, 0.15) is 5.82 Å². The molecule has 6 heteroatoms. The Labute approximate surface area is 154 Å². The van der Waals surface area contributed by atoms with E-state index >= 15 is 0 Å². The second kappa shape index (κ2) is 8.79. The van der Waals surface area contributed by atoms with Crippen LogP contribution in [0, 0.1) is 5.92 Å². The number of rotatable bonds is 7. The van der Waals surface area contributed by atoms with E-state index in [1.165, 1.54) is 25.9 Å². The molecular weight excluding hydrogens is 336 g/mol. The third-order valence-corrected chi connectivity index (χ3v) is 5.09. The normalized spacial score (nSPS) is 18.6. The number of aliphatic hydroxyl groups is 1. The quantitative estimate of drug-likeness (QED) is 0.822. The number of aliphatic hydroxyl groups excluding tert-OH is 1. The number of hydrogen-bond donors (Lipinski definition) is 1. The number of piperidine rings is 1. The zero-order valence-corrected chi connectivity index (χ0v) is 15.6. The molecular formula is C19H27ClN4O. The molecule has 25 heavy (non-hydrogen) atoms. The highest BCUT2D eigenvalue weighted by Gasteiger charge is 2.18. The highest BCUT2D eigenvalue weighted by molar-refractivity contribution is 6.30. The molecule has 1 fully saturated rings. The minimum Gasteiger partial charge on any atom is -0.394 e. The predicted octanol–water partition coefficient (Wildman–Crippen LogP) is 2.79. The topological polar surface area (TPSA) is 54.2 Å². The van der Waals surface area contributed by atoms with Gasteiger partial charge in [0.2, 0.25) is 0 Å². The van der Waals surface area contributed by atoms with Crippen LogP contribution in [0.2, 0.25) is 5.02 Å². The van der Waals surface area contributed by atoms with Crippen molar-refractivity contribution in [1.29, 1.82) is 0 Å². The maximum atomic E-state index is 9.32. The van der Waals surface area contributed by atoms with Gasteiger partial charge >= 0.3 is 0 Å². The van der Waals surface area contributed by atoms with Crippen molar-refractivity contribution in [3.05, 3.63) is 46.5 Å². The monoisotopic (exact) mass is 362 g/mol. The Balaban J connectivity index is 1.66. The largest absolute Gasteiger partial charge is 0.394 e. The molecule has 0 bridgehead atoms. The zero-order chi connectivity index (χ0) is 17.6. The SMILES string of the molecule is CN1CCC[C@H](CCc2nc(Cc3cccc(Cl)c3)nn2CCO)C1. The van der Waals surface area contributed by atoms with Crippen LogP contribution in [-0.4, -0.2) is 51.5 Å². The van der Waals surface area contributed by atoms with Gasteiger partial charge in [-0.1, -0.05) is 23.7 Å². The van der Waals surface area contributed by atoms with Crippen molar-refractivity contribution in [2.45, 2.75) is 38.6 Å². The number of aromatic nitrogens is 3. The number of hydrogen-bond acceptors (Lipinski definition) is 4. The first kappa shape index (κ1) is 18.4. The Morgan fingerprint density at radius 1 is 1.36 bits per heavy atom. The maximum Gasteiger partial charge on any atom is 0.155 e. The van der Waals surface area contributed by atoms with Crippen LogP contribution in [0.5, 0.6) is 0 Å². The molecule has 5 nitrogen and oxygen atoms in total. The molecule has 2 heterocycles. The van der Waals surface area contributed by atoms with E-state index in [1.54, 1.807) is 0 Å². The summed E-state index contributed by atoms with van der Waals surface area (Å²) in [5.41, 5.74) is 1.11. The average Bonchev–Trinajstić information content (AvgIpc) is 2.95. The van der Waals surface area contributed by atoms with Crippen LogP contribution in [0.1, 0.15) is 36.5 Å². The highest BCUT2D eigenvalue weighted by atomic mass is 35.5. The van der Waals surface area contributed by atoms with Gasteiger partial charge in [0.15, 0.2) is 5.82 Å². The van der Waals surface area contributed by atoms with Crippen LogP contribution in [0.3, 0.4) is 0 Å². The summed E-state index contributed by atoms with van der Waals surface area (Å²) in [5, 5.41) is 14.6. The Hall–Kier alpha value is -1.43. The van der Waals surface area contributed by atoms with Crippen LogP contribution in [0.4, 0.5) is 0 Å². The molecule has 1 saturated heterocycles. The second-order valence-corrected chi connectivity index (χ2v) is 7.44. The molecule has 1 aromatic carbocycles. The van der Waals surface area contributed by atoms with E-state index in [1.807, 2.05) is 28.9 Å². The van der Waals surface area contributed by atoms with E-state index < -0.39 is 0 Å². The lowest BCUT2D eigenvalue weighted by molar-refractivity contribution is 0.201. The molecule has 0 saturated carbocycles. The summed E-state index contributed by atoms with van der Waals surface area (Å²) in [5.74, 6) is 2.51. The van der Waals surface area contributed by atoms with Gasteiger partial charge in [0.05, 0.1) is 13.2 Å². The van der Waals surface area contributed by atoms with Crippen molar-refractivity contribution in [2.24, 2.45) is 5.92 Å². The van der Waals surface area contributed by atoms with E-state index in [2.05, 4.69) is 17.0 Å². The van der Waals surface area contributed by atoms with E-state index in [9.17, 15) is 5.11 Å². The first-order chi connectivity index (χ1) is 12.1. The Morgan fingerprint density at radius 2 is 2.24 bits per heavy atom. The van der Waals surface area contributed by atoms with Crippen molar-refractivity contribution >= 4 is 11.6 Å². The van der Waals surface area contributed by atoms with Crippen LogP contribution < -0.4 is 0 Å². The van der Waals surface area contributed by atoms with Crippen molar-refractivity contribution < 1.29 is 5.11 Å². The average molecular weight is 363 g/mol. The van der Waals surface area contributed by atoms with E-state index in [0.29, 0.717) is 13.0 Å².